The predicted octanol–water partition coefficient (Wildman–Crippen LogP) is 3.42. The molecule has 23 heavy (non-hydrogen) atoms. The van der Waals surface area contributed by atoms with E-state index < -0.39 is 0 Å². The van der Waals surface area contributed by atoms with Gasteiger partial charge < -0.3 is 9.80 Å². The van der Waals surface area contributed by atoms with Crippen LogP contribution in [0.4, 0.5) is 5.69 Å². The zero-order chi connectivity index (χ0) is 16.4. The maximum atomic E-state index is 12.7. The van der Waals surface area contributed by atoms with Gasteiger partial charge in [0.1, 0.15) is 0 Å². The van der Waals surface area contributed by atoms with Gasteiger partial charge in [-0.2, -0.15) is 0 Å². The van der Waals surface area contributed by atoms with Gasteiger partial charge in [0.2, 0.25) is 5.91 Å². The highest BCUT2D eigenvalue weighted by Crippen LogP contribution is 2.33. The number of carbonyl (C=O) groups is 1. The van der Waals surface area contributed by atoms with E-state index in [9.17, 15) is 4.79 Å². The summed E-state index contributed by atoms with van der Waals surface area (Å²) in [5, 5.41) is 3.01. The molecule has 4 nitrogen and oxygen atoms in total. The fourth-order valence-corrected chi connectivity index (χ4v) is 3.78. The average Bonchev–Trinajstić information content (AvgIpc) is 3.16. The molecule has 0 saturated carbocycles. The molecule has 0 aliphatic carbocycles. The smallest absolute Gasteiger partial charge is 0.229 e. The second-order valence-corrected chi connectivity index (χ2v) is 7.33. The zero-order valence-corrected chi connectivity index (χ0v) is 14.8. The maximum absolute atomic E-state index is 12.7. The van der Waals surface area contributed by atoms with Crippen molar-refractivity contribution in [1.82, 2.24) is 9.88 Å². The molecule has 122 valence electrons. The lowest BCUT2D eigenvalue weighted by molar-refractivity contribution is -0.131. The summed E-state index contributed by atoms with van der Waals surface area (Å²) in [6.45, 7) is 2.82. The van der Waals surface area contributed by atoms with Gasteiger partial charge >= 0.3 is 0 Å². The number of carbonyl (C=O) groups excluding carboxylic acids is 1. The molecule has 0 N–H and O–H groups in total. The second kappa shape index (κ2) is 6.71. The Morgan fingerprint density at radius 3 is 2.96 bits per heavy atom. The number of aromatic nitrogens is 1. The number of anilines is 1. The first-order valence-electron chi connectivity index (χ1n) is 8.02. The number of likely N-dealkylation sites (tertiary alicyclic amines) is 1. The molecule has 2 aromatic rings. The van der Waals surface area contributed by atoms with Crippen molar-refractivity contribution in [3.8, 4) is 0 Å². The van der Waals surface area contributed by atoms with Gasteiger partial charge in [-0.1, -0.05) is 12.1 Å². The zero-order valence-electron chi connectivity index (χ0n) is 14.0. The molecule has 0 spiro atoms. The van der Waals surface area contributed by atoms with Gasteiger partial charge in [0, 0.05) is 31.7 Å². The van der Waals surface area contributed by atoms with Crippen LogP contribution in [0.5, 0.6) is 0 Å². The Hall–Kier alpha value is -1.88. The first kappa shape index (κ1) is 16.0. The van der Waals surface area contributed by atoms with Crippen LogP contribution in [-0.4, -0.2) is 36.4 Å². The minimum Gasteiger partial charge on any atom is -0.378 e. The molecule has 1 aromatic carbocycles. The molecule has 1 aliphatic heterocycles. The lowest BCUT2D eigenvalue weighted by Crippen LogP contribution is -2.32. The van der Waals surface area contributed by atoms with Crippen molar-refractivity contribution in [2.45, 2.75) is 32.2 Å². The first-order valence-corrected chi connectivity index (χ1v) is 8.90. The molecule has 0 bridgehead atoms. The van der Waals surface area contributed by atoms with E-state index >= 15 is 0 Å². The normalized spacial score (nSPS) is 17.5. The Kier molecular flexibility index (Phi) is 4.66. The van der Waals surface area contributed by atoms with E-state index in [0.29, 0.717) is 6.42 Å². The van der Waals surface area contributed by atoms with Gasteiger partial charge in [0.15, 0.2) is 0 Å². The lowest BCUT2D eigenvalue weighted by atomic mass is 10.0. The Labute approximate surface area is 141 Å². The highest BCUT2D eigenvalue weighted by molar-refractivity contribution is 7.09. The summed E-state index contributed by atoms with van der Waals surface area (Å²) in [6.07, 6.45) is 2.52. The van der Waals surface area contributed by atoms with E-state index in [1.807, 2.05) is 31.3 Å². The van der Waals surface area contributed by atoms with Crippen LogP contribution >= 0.6 is 11.3 Å². The van der Waals surface area contributed by atoms with Crippen LogP contribution in [0, 0.1) is 6.92 Å². The van der Waals surface area contributed by atoms with Crippen LogP contribution < -0.4 is 4.90 Å². The van der Waals surface area contributed by atoms with Crippen LogP contribution in [0.1, 0.15) is 35.1 Å². The molecule has 1 aromatic heterocycles. The quantitative estimate of drug-likeness (QED) is 0.862. The van der Waals surface area contributed by atoms with Gasteiger partial charge in [-0.15, -0.1) is 11.3 Å². The van der Waals surface area contributed by atoms with E-state index in [1.54, 1.807) is 11.3 Å². The first-order chi connectivity index (χ1) is 11.0. The van der Waals surface area contributed by atoms with Gasteiger partial charge in [0.05, 0.1) is 23.2 Å². The number of rotatable bonds is 4. The minimum atomic E-state index is 0.188. The molecule has 1 unspecified atom stereocenters. The maximum Gasteiger partial charge on any atom is 0.229 e. The molecule has 1 amide bonds. The number of nitrogens with zero attached hydrogens (tertiary/aromatic N) is 3. The Balaban J connectivity index is 1.77. The SMILES string of the molecule is Cc1nc(CC(=O)N2CCCC2c2cccc(N(C)C)c2)cs1. The lowest BCUT2D eigenvalue weighted by Gasteiger charge is -2.26. The molecule has 1 atom stereocenters. The van der Waals surface area contributed by atoms with E-state index in [4.69, 9.17) is 0 Å². The van der Waals surface area contributed by atoms with Crippen LogP contribution in [0.25, 0.3) is 0 Å². The third-order valence-electron chi connectivity index (χ3n) is 4.34. The third-order valence-corrected chi connectivity index (χ3v) is 5.17. The summed E-state index contributed by atoms with van der Waals surface area (Å²) in [5.41, 5.74) is 3.30. The Morgan fingerprint density at radius 2 is 2.26 bits per heavy atom. The van der Waals surface area contributed by atoms with Crippen LogP contribution in [0.3, 0.4) is 0 Å². The number of benzene rings is 1. The van der Waals surface area contributed by atoms with E-state index in [2.05, 4.69) is 34.1 Å². The molecule has 2 heterocycles. The molecule has 1 fully saturated rings. The number of aryl methyl sites for hydroxylation is 1. The summed E-state index contributed by atoms with van der Waals surface area (Å²) in [7, 11) is 4.09. The molecule has 0 radical (unpaired) electrons. The molecule has 1 aliphatic rings. The van der Waals surface area contributed by atoms with Crippen molar-refractivity contribution in [2.24, 2.45) is 0 Å². The van der Waals surface area contributed by atoms with Gasteiger partial charge in [0.25, 0.3) is 0 Å². The van der Waals surface area contributed by atoms with Crippen molar-refractivity contribution >= 4 is 22.9 Å². The molecule has 3 rings (SSSR count). The average molecular weight is 329 g/mol. The summed E-state index contributed by atoms with van der Waals surface area (Å²) < 4.78 is 0. The summed E-state index contributed by atoms with van der Waals surface area (Å²) in [5.74, 6) is 0.188. The van der Waals surface area contributed by atoms with Gasteiger partial charge in [-0.05, 0) is 37.5 Å². The van der Waals surface area contributed by atoms with Crippen molar-refractivity contribution < 1.29 is 4.79 Å². The van der Waals surface area contributed by atoms with Crippen LogP contribution in [0.2, 0.25) is 0 Å². The monoisotopic (exact) mass is 329 g/mol. The fraction of sp³-hybridized carbons (Fsp3) is 0.444. The van der Waals surface area contributed by atoms with Crippen molar-refractivity contribution in [3.63, 3.8) is 0 Å². The summed E-state index contributed by atoms with van der Waals surface area (Å²) in [4.78, 5) is 21.3. The predicted molar refractivity (Wildman–Crippen MR) is 95.0 cm³/mol. The van der Waals surface area contributed by atoms with E-state index in [-0.39, 0.29) is 11.9 Å². The minimum absolute atomic E-state index is 0.188. The molecular weight excluding hydrogens is 306 g/mol. The summed E-state index contributed by atoms with van der Waals surface area (Å²) in [6, 6.07) is 8.71. The summed E-state index contributed by atoms with van der Waals surface area (Å²) >= 11 is 1.60. The van der Waals surface area contributed by atoms with E-state index in [1.165, 1.54) is 11.3 Å². The van der Waals surface area contributed by atoms with Gasteiger partial charge in [-0.3, -0.25) is 4.79 Å². The van der Waals surface area contributed by atoms with Crippen molar-refractivity contribution in [1.29, 1.82) is 0 Å². The van der Waals surface area contributed by atoms with Crippen molar-refractivity contribution in [3.05, 3.63) is 45.9 Å². The molecule has 5 heteroatoms. The van der Waals surface area contributed by atoms with Crippen molar-refractivity contribution in [2.75, 3.05) is 25.5 Å². The number of amides is 1. The topological polar surface area (TPSA) is 36.4 Å². The van der Waals surface area contributed by atoms with Gasteiger partial charge in [-0.25, -0.2) is 4.98 Å². The van der Waals surface area contributed by atoms with E-state index in [0.717, 1.165) is 30.1 Å². The molecular formula is C18H23N3OS. The second-order valence-electron chi connectivity index (χ2n) is 6.27. The number of hydrogen-bond donors (Lipinski definition) is 0. The molecule has 1 saturated heterocycles. The third kappa shape index (κ3) is 3.55. The largest absolute Gasteiger partial charge is 0.378 e. The van der Waals surface area contributed by atoms with Crippen LogP contribution in [-0.2, 0) is 11.2 Å². The number of thiazole rings is 1. The highest BCUT2D eigenvalue weighted by Gasteiger charge is 2.30. The van der Waals surface area contributed by atoms with Crippen LogP contribution in [0.15, 0.2) is 29.6 Å². The fourth-order valence-electron chi connectivity index (χ4n) is 3.17. The Bertz CT molecular complexity index is 695. The number of hydrogen-bond acceptors (Lipinski definition) is 4. The standard InChI is InChI=1S/C18H23N3OS/c1-13-19-15(12-23-13)11-18(22)21-9-5-8-17(21)14-6-4-7-16(10-14)20(2)3/h4,6-7,10,12,17H,5,8-9,11H2,1-3H3. The highest BCUT2D eigenvalue weighted by atomic mass is 32.1. The Morgan fingerprint density at radius 1 is 1.43 bits per heavy atom.